The number of hydrogen-bond acceptors (Lipinski definition) is 3. The first kappa shape index (κ1) is 10.7. The average Bonchev–Trinajstić information content (AvgIpc) is 2.71. The normalized spacial score (nSPS) is 20.3. The van der Waals surface area contributed by atoms with Gasteiger partial charge in [0.25, 0.3) is 0 Å². The minimum absolute atomic E-state index is 0.602. The van der Waals surface area contributed by atoms with Gasteiger partial charge in [0.1, 0.15) is 5.75 Å². The van der Waals surface area contributed by atoms with Crippen LogP contribution in [0.2, 0.25) is 0 Å². The monoisotopic (exact) mass is 223 g/mol. The number of thioether (sulfide) groups is 1. The molecule has 0 saturated carbocycles. The van der Waals surface area contributed by atoms with Crippen LogP contribution in [0.3, 0.4) is 0 Å². The number of nitrogens with one attached hydrogen (secondary N) is 1. The maximum Gasteiger partial charge on any atom is 0.141 e. The lowest BCUT2D eigenvalue weighted by Crippen LogP contribution is -2.18. The van der Waals surface area contributed by atoms with Crippen molar-refractivity contribution in [1.29, 1.82) is 0 Å². The van der Waals surface area contributed by atoms with Crippen LogP contribution in [-0.4, -0.2) is 24.7 Å². The summed E-state index contributed by atoms with van der Waals surface area (Å²) in [5, 5.41) is 3.56. The van der Waals surface area contributed by atoms with Gasteiger partial charge in [-0.25, -0.2) is 0 Å². The molecule has 0 aromatic heterocycles. The van der Waals surface area contributed by atoms with Crippen LogP contribution < -0.4 is 10.1 Å². The molecule has 0 amide bonds. The van der Waals surface area contributed by atoms with Crippen LogP contribution in [0.1, 0.15) is 12.0 Å². The van der Waals surface area contributed by atoms with Gasteiger partial charge in [0.15, 0.2) is 0 Å². The van der Waals surface area contributed by atoms with Gasteiger partial charge < -0.3 is 10.1 Å². The highest BCUT2D eigenvalue weighted by molar-refractivity contribution is 7.99. The highest BCUT2D eigenvalue weighted by atomic mass is 32.2. The number of methoxy groups -OCH3 is 1. The van der Waals surface area contributed by atoms with E-state index in [9.17, 15) is 0 Å². The summed E-state index contributed by atoms with van der Waals surface area (Å²) in [4.78, 5) is 0. The van der Waals surface area contributed by atoms with E-state index in [-0.39, 0.29) is 0 Å². The smallest absolute Gasteiger partial charge is 0.141 e. The van der Waals surface area contributed by atoms with Crippen molar-refractivity contribution in [3.8, 4) is 5.75 Å². The Morgan fingerprint density at radius 2 is 2.33 bits per heavy atom. The minimum Gasteiger partial charge on any atom is -0.495 e. The summed E-state index contributed by atoms with van der Waals surface area (Å²) in [5.74, 6) is 3.42. The van der Waals surface area contributed by atoms with Crippen LogP contribution in [-0.2, 0) is 0 Å². The van der Waals surface area contributed by atoms with Crippen LogP contribution in [0, 0.1) is 6.92 Å². The van der Waals surface area contributed by atoms with Gasteiger partial charge in [-0.1, -0.05) is 6.07 Å². The van der Waals surface area contributed by atoms with Crippen LogP contribution in [0.25, 0.3) is 0 Å². The third kappa shape index (κ3) is 2.59. The topological polar surface area (TPSA) is 21.3 Å². The van der Waals surface area contributed by atoms with E-state index in [1.807, 2.05) is 17.8 Å². The summed E-state index contributed by atoms with van der Waals surface area (Å²) in [7, 11) is 1.72. The standard InChI is InChI=1S/C12H17NOS/c1-9-3-4-12(14-2)11(7-9)13-10-5-6-15-8-10/h3-4,7,10,13H,5-6,8H2,1-2H3. The first-order valence-corrected chi connectivity index (χ1v) is 6.44. The molecule has 1 aromatic rings. The van der Waals surface area contributed by atoms with Crippen molar-refractivity contribution in [1.82, 2.24) is 0 Å². The second kappa shape index (κ2) is 4.79. The molecule has 1 heterocycles. The summed E-state index contributed by atoms with van der Waals surface area (Å²) in [6, 6.07) is 6.86. The van der Waals surface area contributed by atoms with Gasteiger partial charge in [-0.2, -0.15) is 11.8 Å². The number of aryl methyl sites for hydroxylation is 1. The van der Waals surface area contributed by atoms with E-state index in [1.54, 1.807) is 7.11 Å². The Labute approximate surface area is 95.4 Å². The van der Waals surface area contributed by atoms with Crippen molar-refractivity contribution >= 4 is 17.4 Å². The van der Waals surface area contributed by atoms with Crippen molar-refractivity contribution in [2.24, 2.45) is 0 Å². The third-order valence-electron chi connectivity index (χ3n) is 2.64. The van der Waals surface area contributed by atoms with Gasteiger partial charge in [-0.3, -0.25) is 0 Å². The fourth-order valence-corrected chi connectivity index (χ4v) is 2.96. The molecule has 2 rings (SSSR count). The van der Waals surface area contributed by atoms with Crippen molar-refractivity contribution in [3.63, 3.8) is 0 Å². The molecule has 3 heteroatoms. The third-order valence-corrected chi connectivity index (χ3v) is 3.81. The van der Waals surface area contributed by atoms with E-state index in [0.717, 1.165) is 11.4 Å². The second-order valence-corrected chi connectivity index (χ2v) is 5.06. The molecule has 2 nitrogen and oxygen atoms in total. The summed E-state index contributed by atoms with van der Waals surface area (Å²) < 4.78 is 5.34. The number of benzene rings is 1. The van der Waals surface area contributed by atoms with E-state index < -0.39 is 0 Å². The molecular weight excluding hydrogens is 206 g/mol. The van der Waals surface area contributed by atoms with Crippen molar-refractivity contribution < 1.29 is 4.74 Å². The maximum atomic E-state index is 5.34. The molecule has 1 fully saturated rings. The molecule has 1 aromatic carbocycles. The molecule has 15 heavy (non-hydrogen) atoms. The van der Waals surface area contributed by atoms with Crippen molar-refractivity contribution in [3.05, 3.63) is 23.8 Å². The lowest BCUT2D eigenvalue weighted by atomic mass is 10.2. The zero-order valence-electron chi connectivity index (χ0n) is 9.25. The molecule has 82 valence electrons. The molecule has 0 bridgehead atoms. The van der Waals surface area contributed by atoms with Gasteiger partial charge in [-0.15, -0.1) is 0 Å². The minimum atomic E-state index is 0.602. The molecule has 0 spiro atoms. The van der Waals surface area contributed by atoms with E-state index in [1.165, 1.54) is 23.5 Å². The molecule has 1 aliphatic rings. The Hall–Kier alpha value is -0.830. The second-order valence-electron chi connectivity index (χ2n) is 3.91. The first-order valence-electron chi connectivity index (χ1n) is 5.28. The Balaban J connectivity index is 2.14. The van der Waals surface area contributed by atoms with Crippen molar-refractivity contribution in [2.45, 2.75) is 19.4 Å². The Kier molecular flexibility index (Phi) is 3.41. The van der Waals surface area contributed by atoms with E-state index in [2.05, 4.69) is 24.4 Å². The summed E-state index contributed by atoms with van der Waals surface area (Å²) in [6.45, 7) is 2.11. The zero-order valence-corrected chi connectivity index (χ0v) is 10.1. The van der Waals surface area contributed by atoms with E-state index in [4.69, 9.17) is 4.74 Å². The molecule has 1 unspecified atom stereocenters. The lowest BCUT2D eigenvalue weighted by Gasteiger charge is -2.16. The molecule has 0 radical (unpaired) electrons. The SMILES string of the molecule is COc1ccc(C)cc1NC1CCSC1. The first-order chi connectivity index (χ1) is 7.29. The van der Waals surface area contributed by atoms with Crippen LogP contribution in [0.4, 0.5) is 5.69 Å². The lowest BCUT2D eigenvalue weighted by molar-refractivity contribution is 0.416. The van der Waals surface area contributed by atoms with Gasteiger partial charge in [0.05, 0.1) is 12.8 Å². The van der Waals surface area contributed by atoms with E-state index >= 15 is 0 Å². The number of rotatable bonds is 3. The summed E-state index contributed by atoms with van der Waals surface area (Å²) in [5.41, 5.74) is 2.40. The predicted molar refractivity (Wildman–Crippen MR) is 67.1 cm³/mol. The maximum absolute atomic E-state index is 5.34. The largest absolute Gasteiger partial charge is 0.495 e. The van der Waals surface area contributed by atoms with Crippen LogP contribution in [0.15, 0.2) is 18.2 Å². The summed E-state index contributed by atoms with van der Waals surface area (Å²) in [6.07, 6.45) is 1.25. The Morgan fingerprint density at radius 1 is 1.47 bits per heavy atom. The highest BCUT2D eigenvalue weighted by Gasteiger charge is 2.16. The fourth-order valence-electron chi connectivity index (χ4n) is 1.80. The van der Waals surface area contributed by atoms with E-state index in [0.29, 0.717) is 6.04 Å². The number of hydrogen-bond donors (Lipinski definition) is 1. The average molecular weight is 223 g/mol. The van der Waals surface area contributed by atoms with Gasteiger partial charge in [0, 0.05) is 11.8 Å². The van der Waals surface area contributed by atoms with Crippen LogP contribution in [0.5, 0.6) is 5.75 Å². The predicted octanol–water partition coefficient (Wildman–Crippen LogP) is 2.92. The molecule has 1 N–H and O–H groups in total. The molecule has 1 atom stereocenters. The fraction of sp³-hybridized carbons (Fsp3) is 0.500. The van der Waals surface area contributed by atoms with Gasteiger partial charge >= 0.3 is 0 Å². The van der Waals surface area contributed by atoms with Gasteiger partial charge in [-0.05, 0) is 36.8 Å². The number of anilines is 1. The summed E-state index contributed by atoms with van der Waals surface area (Å²) >= 11 is 2.02. The molecule has 0 aliphatic carbocycles. The quantitative estimate of drug-likeness (QED) is 0.851. The Morgan fingerprint density at radius 3 is 3.00 bits per heavy atom. The van der Waals surface area contributed by atoms with Crippen molar-refractivity contribution in [2.75, 3.05) is 23.9 Å². The number of ether oxygens (including phenoxy) is 1. The highest BCUT2D eigenvalue weighted by Crippen LogP contribution is 2.28. The molecule has 1 aliphatic heterocycles. The molecule has 1 saturated heterocycles. The van der Waals surface area contributed by atoms with Crippen LogP contribution >= 0.6 is 11.8 Å². The zero-order chi connectivity index (χ0) is 10.7. The Bertz CT molecular complexity index is 334. The van der Waals surface area contributed by atoms with Gasteiger partial charge in [0.2, 0.25) is 0 Å². The molecular formula is C12H17NOS.